The summed E-state index contributed by atoms with van der Waals surface area (Å²) in [5.74, 6) is 5.05. The van der Waals surface area contributed by atoms with Gasteiger partial charge in [0, 0.05) is 23.5 Å². The van der Waals surface area contributed by atoms with Gasteiger partial charge in [-0.25, -0.2) is 4.98 Å². The third kappa shape index (κ3) is 3.83. The van der Waals surface area contributed by atoms with Crippen molar-refractivity contribution in [3.8, 4) is 11.8 Å². The molecule has 0 bridgehead atoms. The lowest BCUT2D eigenvalue weighted by molar-refractivity contribution is -0.133. The Morgan fingerprint density at radius 1 is 1.39 bits per heavy atom. The largest absolute Gasteiger partial charge is 0.481 e. The Bertz CT molecular complexity index is 929. The lowest BCUT2D eigenvalue weighted by atomic mass is 10.2. The van der Waals surface area contributed by atoms with Gasteiger partial charge in [-0.05, 0) is 24.3 Å². The monoisotopic (exact) mass is 343 g/mol. The molecule has 5 nitrogen and oxygen atoms in total. The Kier molecular flexibility index (Phi) is 4.51. The van der Waals surface area contributed by atoms with Crippen molar-refractivity contribution in [3.05, 3.63) is 52.8 Å². The minimum absolute atomic E-state index is 0.0543. The molecule has 3 rings (SSSR count). The molecule has 114 valence electrons. The number of carboxylic acid groups (broad SMARTS) is 1. The summed E-state index contributed by atoms with van der Waals surface area (Å²) < 4.78 is 0. The van der Waals surface area contributed by atoms with Gasteiger partial charge < -0.3 is 10.1 Å². The van der Waals surface area contributed by atoms with Gasteiger partial charge >= 0.3 is 5.97 Å². The summed E-state index contributed by atoms with van der Waals surface area (Å²) >= 11 is 7.36. The normalized spacial score (nSPS) is 10.3. The van der Waals surface area contributed by atoms with Crippen LogP contribution >= 0.6 is 23.4 Å². The Hall–Kier alpha value is -2.49. The molecule has 2 N–H and O–H groups in total. The standard InChI is InChI=1S/C16H10ClN3O2S/c17-12-7-14-13(19-16(20-14)23-9-15(21)22)6-11(12)4-3-10-2-1-5-18-8-10/h1-2,5-8H,9H2,(H,19,20)(H,21,22). The number of H-pyrrole nitrogens is 1. The number of pyridine rings is 1. The predicted octanol–water partition coefficient (Wildman–Crippen LogP) is 3.19. The molecule has 0 fully saturated rings. The van der Waals surface area contributed by atoms with Gasteiger partial charge in [0.25, 0.3) is 0 Å². The van der Waals surface area contributed by atoms with Crippen LogP contribution in [0.25, 0.3) is 11.0 Å². The molecule has 1 aromatic carbocycles. The summed E-state index contributed by atoms with van der Waals surface area (Å²) in [6.45, 7) is 0. The van der Waals surface area contributed by atoms with Gasteiger partial charge in [0.05, 0.1) is 21.8 Å². The van der Waals surface area contributed by atoms with E-state index in [-0.39, 0.29) is 5.75 Å². The molecule has 0 aliphatic rings. The number of nitrogens with one attached hydrogen (secondary N) is 1. The van der Waals surface area contributed by atoms with E-state index in [1.54, 1.807) is 24.5 Å². The zero-order valence-electron chi connectivity index (χ0n) is 11.7. The Morgan fingerprint density at radius 3 is 3.00 bits per heavy atom. The van der Waals surface area contributed by atoms with Crippen molar-refractivity contribution in [1.29, 1.82) is 0 Å². The summed E-state index contributed by atoms with van der Waals surface area (Å²) in [6, 6.07) is 7.19. The molecule has 0 amide bonds. The van der Waals surface area contributed by atoms with Gasteiger partial charge in [0.2, 0.25) is 0 Å². The number of imidazole rings is 1. The molecule has 0 radical (unpaired) electrons. The number of carbonyl (C=O) groups is 1. The highest BCUT2D eigenvalue weighted by Gasteiger charge is 2.08. The van der Waals surface area contributed by atoms with Crippen LogP contribution in [0, 0.1) is 11.8 Å². The van der Waals surface area contributed by atoms with Crippen LogP contribution in [0.5, 0.6) is 0 Å². The zero-order valence-corrected chi connectivity index (χ0v) is 13.3. The smallest absolute Gasteiger partial charge is 0.313 e. The maximum Gasteiger partial charge on any atom is 0.313 e. The fraction of sp³-hybridized carbons (Fsp3) is 0.0625. The Morgan fingerprint density at radius 2 is 2.26 bits per heavy atom. The summed E-state index contributed by atoms with van der Waals surface area (Å²) in [5.41, 5.74) is 2.89. The van der Waals surface area contributed by atoms with E-state index < -0.39 is 5.97 Å². The SMILES string of the molecule is O=C(O)CSc1nc2cc(C#Cc3cccnc3)c(Cl)cc2[nH]1. The molecule has 0 aliphatic carbocycles. The number of rotatable bonds is 3. The molecule has 2 heterocycles. The number of thioether (sulfide) groups is 1. The first-order chi connectivity index (χ1) is 11.1. The second-order valence-electron chi connectivity index (χ2n) is 4.57. The van der Waals surface area contributed by atoms with Crippen LogP contribution < -0.4 is 0 Å². The first kappa shape index (κ1) is 15.4. The maximum atomic E-state index is 10.6. The second kappa shape index (κ2) is 6.73. The summed E-state index contributed by atoms with van der Waals surface area (Å²) in [4.78, 5) is 22.0. The van der Waals surface area contributed by atoms with Crippen LogP contribution in [0.15, 0.2) is 41.8 Å². The van der Waals surface area contributed by atoms with E-state index in [0.717, 1.165) is 22.8 Å². The van der Waals surface area contributed by atoms with Crippen molar-refractivity contribution in [1.82, 2.24) is 15.0 Å². The van der Waals surface area contributed by atoms with E-state index in [1.807, 2.05) is 12.1 Å². The first-order valence-corrected chi connectivity index (χ1v) is 7.94. The predicted molar refractivity (Wildman–Crippen MR) is 89.7 cm³/mol. The Balaban J connectivity index is 1.91. The van der Waals surface area contributed by atoms with Crippen molar-refractivity contribution in [2.45, 2.75) is 5.16 Å². The van der Waals surface area contributed by atoms with Gasteiger partial charge in [0.15, 0.2) is 5.16 Å². The topological polar surface area (TPSA) is 78.9 Å². The van der Waals surface area contributed by atoms with Gasteiger partial charge in [0.1, 0.15) is 0 Å². The molecule has 0 atom stereocenters. The van der Waals surface area contributed by atoms with Crippen molar-refractivity contribution < 1.29 is 9.90 Å². The van der Waals surface area contributed by atoms with E-state index in [9.17, 15) is 4.79 Å². The van der Waals surface area contributed by atoms with Gasteiger partial charge in [-0.1, -0.05) is 35.2 Å². The average molecular weight is 344 g/mol. The fourth-order valence-corrected chi connectivity index (χ4v) is 2.69. The highest BCUT2D eigenvalue weighted by atomic mass is 35.5. The van der Waals surface area contributed by atoms with E-state index in [4.69, 9.17) is 16.7 Å². The summed E-state index contributed by atoms with van der Waals surface area (Å²) in [5, 5.41) is 9.75. The van der Waals surface area contributed by atoms with Gasteiger partial charge in [-0.2, -0.15) is 0 Å². The minimum Gasteiger partial charge on any atom is -0.481 e. The van der Waals surface area contributed by atoms with E-state index in [0.29, 0.717) is 21.3 Å². The molecule has 0 saturated carbocycles. The van der Waals surface area contributed by atoms with Crippen LogP contribution in [0.4, 0.5) is 0 Å². The molecule has 0 unspecified atom stereocenters. The number of hydrogen-bond donors (Lipinski definition) is 2. The van der Waals surface area contributed by atoms with Crippen molar-refractivity contribution in [2.24, 2.45) is 0 Å². The third-order valence-electron chi connectivity index (χ3n) is 2.88. The van der Waals surface area contributed by atoms with Crippen LogP contribution in [-0.4, -0.2) is 31.8 Å². The quantitative estimate of drug-likeness (QED) is 0.564. The van der Waals surface area contributed by atoms with Crippen LogP contribution in [0.2, 0.25) is 5.02 Å². The van der Waals surface area contributed by atoms with Gasteiger partial charge in [-0.3, -0.25) is 9.78 Å². The molecule has 0 saturated heterocycles. The van der Waals surface area contributed by atoms with Crippen molar-refractivity contribution in [3.63, 3.8) is 0 Å². The van der Waals surface area contributed by atoms with Gasteiger partial charge in [-0.15, -0.1) is 0 Å². The zero-order chi connectivity index (χ0) is 16.2. The average Bonchev–Trinajstić information content (AvgIpc) is 2.93. The van der Waals surface area contributed by atoms with Crippen LogP contribution in [-0.2, 0) is 4.79 Å². The highest BCUT2D eigenvalue weighted by Crippen LogP contribution is 2.25. The number of hydrogen-bond acceptors (Lipinski definition) is 4. The fourth-order valence-electron chi connectivity index (χ4n) is 1.88. The number of fused-ring (bicyclic) bond motifs is 1. The van der Waals surface area contributed by atoms with Crippen LogP contribution in [0.3, 0.4) is 0 Å². The number of benzene rings is 1. The first-order valence-electron chi connectivity index (χ1n) is 6.58. The minimum atomic E-state index is -0.892. The van der Waals surface area contributed by atoms with E-state index in [2.05, 4.69) is 26.8 Å². The lowest BCUT2D eigenvalue weighted by Gasteiger charge is -1.95. The summed E-state index contributed by atoms with van der Waals surface area (Å²) in [6.07, 6.45) is 3.36. The number of aliphatic carboxylic acids is 1. The Labute approximate surface area is 141 Å². The number of aromatic amines is 1. The molecule has 2 aromatic heterocycles. The van der Waals surface area contributed by atoms with Crippen LogP contribution in [0.1, 0.15) is 11.1 Å². The van der Waals surface area contributed by atoms with E-state index >= 15 is 0 Å². The highest BCUT2D eigenvalue weighted by molar-refractivity contribution is 7.99. The molecule has 3 aromatic rings. The molecule has 0 aliphatic heterocycles. The molecular formula is C16H10ClN3O2S. The number of halogens is 1. The number of aromatic nitrogens is 3. The summed E-state index contributed by atoms with van der Waals surface area (Å²) in [7, 11) is 0. The molecule has 23 heavy (non-hydrogen) atoms. The third-order valence-corrected chi connectivity index (χ3v) is 4.06. The number of carboxylic acids is 1. The molecule has 7 heteroatoms. The molecular weight excluding hydrogens is 334 g/mol. The maximum absolute atomic E-state index is 10.6. The van der Waals surface area contributed by atoms with E-state index in [1.165, 1.54) is 0 Å². The second-order valence-corrected chi connectivity index (χ2v) is 5.94. The van der Waals surface area contributed by atoms with Crippen molar-refractivity contribution >= 4 is 40.4 Å². The lowest BCUT2D eigenvalue weighted by Crippen LogP contribution is -1.97. The number of nitrogens with zero attached hydrogens (tertiary/aromatic N) is 2. The molecule has 0 spiro atoms. The van der Waals surface area contributed by atoms with Crippen molar-refractivity contribution in [2.75, 3.05) is 5.75 Å².